The first kappa shape index (κ1) is 8.39. The van der Waals surface area contributed by atoms with Gasteiger partial charge in [-0.2, -0.15) is 0 Å². The van der Waals surface area contributed by atoms with Crippen molar-refractivity contribution in [3.63, 3.8) is 0 Å². The Morgan fingerprint density at radius 3 is 1.89 bits per heavy atom. The fourth-order valence-corrected chi connectivity index (χ4v) is 0.442. The molecule has 4 nitrogen and oxygen atoms in total. The summed E-state index contributed by atoms with van der Waals surface area (Å²) in [6.45, 7) is 4.36. The molecule has 0 spiro atoms. The quantitative estimate of drug-likeness (QED) is 0.405. The molecule has 0 aromatic rings. The van der Waals surface area contributed by atoms with Gasteiger partial charge < -0.3 is 15.7 Å². The van der Waals surface area contributed by atoms with Crippen LogP contribution in [0.5, 0.6) is 0 Å². The molecule has 0 bridgehead atoms. The third-order valence-corrected chi connectivity index (χ3v) is 0.729. The molecule has 0 aliphatic carbocycles. The first-order chi connectivity index (χ1) is 4.23. The summed E-state index contributed by atoms with van der Waals surface area (Å²) in [6, 6.07) is 0. The van der Waals surface area contributed by atoms with Crippen molar-refractivity contribution in [2.45, 2.75) is 6.92 Å². The zero-order valence-corrected chi connectivity index (χ0v) is 5.48. The smallest absolute Gasteiger partial charge is 0.300 e. The molecule has 1 aliphatic heterocycles. The highest BCUT2D eigenvalue weighted by atomic mass is 16.4. The fourth-order valence-electron chi connectivity index (χ4n) is 0.442. The van der Waals surface area contributed by atoms with Gasteiger partial charge in [-0.1, -0.05) is 0 Å². The largest absolute Gasteiger partial charge is 0.481 e. The Morgan fingerprint density at radius 2 is 1.78 bits per heavy atom. The van der Waals surface area contributed by atoms with Crippen LogP contribution in [-0.4, -0.2) is 30.8 Å². The van der Waals surface area contributed by atoms with Crippen LogP contribution in [0.2, 0.25) is 0 Å². The van der Waals surface area contributed by atoms with Gasteiger partial charge in [-0.25, -0.2) is 0 Å². The number of carboxylic acid groups (broad SMARTS) is 1. The minimum absolute atomic E-state index is 0.833. The molecule has 0 radical (unpaired) electrons. The second kappa shape index (κ2) is 5.53. The third-order valence-electron chi connectivity index (χ3n) is 0.729. The Labute approximate surface area is 54.3 Å². The summed E-state index contributed by atoms with van der Waals surface area (Å²) in [6.07, 6.45) is 0. The lowest BCUT2D eigenvalue weighted by Crippen LogP contribution is -2.11. The Kier molecular flexibility index (Phi) is 5.15. The summed E-state index contributed by atoms with van der Waals surface area (Å²) in [5.74, 6) is -0.833. The van der Waals surface area contributed by atoms with Gasteiger partial charge in [0, 0.05) is 26.7 Å². The number of carboxylic acids is 1. The zero-order chi connectivity index (χ0) is 7.11. The third kappa shape index (κ3) is 11.1. The van der Waals surface area contributed by atoms with E-state index in [0.717, 1.165) is 26.7 Å². The average Bonchev–Trinajstić information content (AvgIpc) is 2.11. The number of hydrogen-bond donors (Lipinski definition) is 3. The summed E-state index contributed by atoms with van der Waals surface area (Å²) >= 11 is 0. The summed E-state index contributed by atoms with van der Waals surface area (Å²) in [5.41, 5.74) is 0. The molecule has 1 saturated heterocycles. The predicted octanol–water partition coefficient (Wildman–Crippen LogP) is -0.772. The number of nitrogens with one attached hydrogen (secondary N) is 2. The number of hydrogen-bond acceptors (Lipinski definition) is 3. The molecular weight excluding hydrogens is 120 g/mol. The number of aliphatic carboxylic acids is 1. The van der Waals surface area contributed by atoms with Gasteiger partial charge in [-0.15, -0.1) is 0 Å². The molecule has 0 aromatic heterocycles. The predicted molar refractivity (Wildman–Crippen MR) is 34.2 cm³/mol. The monoisotopic (exact) mass is 132 g/mol. The first-order valence-corrected chi connectivity index (χ1v) is 2.84. The van der Waals surface area contributed by atoms with Gasteiger partial charge in [0.2, 0.25) is 0 Å². The minimum Gasteiger partial charge on any atom is -0.481 e. The van der Waals surface area contributed by atoms with E-state index >= 15 is 0 Å². The highest BCUT2D eigenvalue weighted by Crippen LogP contribution is 1.62. The Hall–Kier alpha value is -0.610. The number of rotatable bonds is 0. The maximum absolute atomic E-state index is 9.00. The molecule has 1 rings (SSSR count). The van der Waals surface area contributed by atoms with Gasteiger partial charge in [-0.3, -0.25) is 4.79 Å². The topological polar surface area (TPSA) is 61.4 Å². The molecule has 3 N–H and O–H groups in total. The molecule has 0 atom stereocenters. The molecule has 0 saturated carbocycles. The van der Waals surface area contributed by atoms with Crippen molar-refractivity contribution >= 4 is 5.97 Å². The second-order valence-electron chi connectivity index (χ2n) is 1.70. The van der Waals surface area contributed by atoms with Gasteiger partial charge in [0.1, 0.15) is 0 Å². The van der Waals surface area contributed by atoms with Crippen LogP contribution in [0, 0.1) is 0 Å². The molecule has 4 heteroatoms. The fraction of sp³-hybridized carbons (Fsp3) is 0.800. The van der Waals surface area contributed by atoms with E-state index in [1.807, 2.05) is 0 Å². The Morgan fingerprint density at radius 1 is 1.44 bits per heavy atom. The lowest BCUT2D eigenvalue weighted by atomic mass is 10.7. The summed E-state index contributed by atoms with van der Waals surface area (Å²) in [5, 5.41) is 13.6. The molecule has 0 amide bonds. The molecule has 54 valence electrons. The van der Waals surface area contributed by atoms with E-state index < -0.39 is 5.97 Å². The minimum atomic E-state index is -0.833. The maximum atomic E-state index is 9.00. The summed E-state index contributed by atoms with van der Waals surface area (Å²) in [7, 11) is 0. The van der Waals surface area contributed by atoms with E-state index in [0.29, 0.717) is 0 Å². The highest BCUT2D eigenvalue weighted by molar-refractivity contribution is 5.62. The highest BCUT2D eigenvalue weighted by Gasteiger charge is 1.90. The number of carbonyl (C=O) groups is 1. The van der Waals surface area contributed by atoms with Crippen LogP contribution in [0.25, 0.3) is 0 Å². The molecule has 1 fully saturated rings. The van der Waals surface area contributed by atoms with E-state index in [9.17, 15) is 0 Å². The van der Waals surface area contributed by atoms with Crippen molar-refractivity contribution in [1.82, 2.24) is 10.6 Å². The van der Waals surface area contributed by atoms with E-state index in [2.05, 4.69) is 10.6 Å². The Bertz CT molecular complexity index is 69.4. The van der Waals surface area contributed by atoms with Crippen LogP contribution in [0.3, 0.4) is 0 Å². The average molecular weight is 132 g/mol. The van der Waals surface area contributed by atoms with Crippen molar-refractivity contribution in [3.05, 3.63) is 0 Å². The molecule has 1 heterocycles. The normalized spacial score (nSPS) is 16.1. The van der Waals surface area contributed by atoms with E-state index in [4.69, 9.17) is 9.90 Å². The lowest BCUT2D eigenvalue weighted by Gasteiger charge is -1.77. The van der Waals surface area contributed by atoms with Crippen molar-refractivity contribution in [2.24, 2.45) is 0 Å². The van der Waals surface area contributed by atoms with Crippen LogP contribution in [0.4, 0.5) is 0 Å². The summed E-state index contributed by atoms with van der Waals surface area (Å²) < 4.78 is 0. The van der Waals surface area contributed by atoms with Gasteiger partial charge >= 0.3 is 0 Å². The van der Waals surface area contributed by atoms with Gasteiger partial charge in [0.05, 0.1) is 0 Å². The van der Waals surface area contributed by atoms with Crippen LogP contribution < -0.4 is 10.6 Å². The zero-order valence-electron chi connectivity index (χ0n) is 5.48. The van der Waals surface area contributed by atoms with Crippen molar-refractivity contribution < 1.29 is 9.90 Å². The van der Waals surface area contributed by atoms with E-state index in [1.54, 1.807) is 0 Å². The first-order valence-electron chi connectivity index (χ1n) is 2.84. The van der Waals surface area contributed by atoms with Crippen molar-refractivity contribution in [2.75, 3.05) is 19.8 Å². The SMILES string of the molecule is C1CNCN1.CC(=O)O. The van der Waals surface area contributed by atoms with Crippen LogP contribution >= 0.6 is 0 Å². The molecule has 0 aromatic carbocycles. The Balaban J connectivity index is 0.000000148. The van der Waals surface area contributed by atoms with Crippen LogP contribution in [0.15, 0.2) is 0 Å². The molecule has 1 aliphatic rings. The van der Waals surface area contributed by atoms with E-state index in [-0.39, 0.29) is 0 Å². The lowest BCUT2D eigenvalue weighted by molar-refractivity contribution is -0.134. The molecular formula is C5H12N2O2. The maximum Gasteiger partial charge on any atom is 0.300 e. The van der Waals surface area contributed by atoms with E-state index in [1.165, 1.54) is 0 Å². The standard InChI is InChI=1S/C3H8N2.C2H4O2/c1-2-5-3-4-1;1-2(3)4/h4-5H,1-3H2;1H3,(H,3,4). The van der Waals surface area contributed by atoms with Crippen molar-refractivity contribution in [1.29, 1.82) is 0 Å². The molecule has 0 unspecified atom stereocenters. The molecule has 9 heavy (non-hydrogen) atoms. The van der Waals surface area contributed by atoms with Gasteiger partial charge in [0.15, 0.2) is 0 Å². The van der Waals surface area contributed by atoms with Crippen molar-refractivity contribution in [3.8, 4) is 0 Å². The van der Waals surface area contributed by atoms with Gasteiger partial charge in [-0.05, 0) is 0 Å². The summed E-state index contributed by atoms with van der Waals surface area (Å²) in [4.78, 5) is 9.00. The van der Waals surface area contributed by atoms with Crippen LogP contribution in [-0.2, 0) is 4.79 Å². The second-order valence-corrected chi connectivity index (χ2v) is 1.70. The van der Waals surface area contributed by atoms with Gasteiger partial charge in [0.25, 0.3) is 5.97 Å². The van der Waals surface area contributed by atoms with Crippen LogP contribution in [0.1, 0.15) is 6.92 Å².